The minimum absolute atomic E-state index is 0.112. The second-order valence-electron chi connectivity index (χ2n) is 6.88. The van der Waals surface area contributed by atoms with E-state index in [1.54, 1.807) is 0 Å². The van der Waals surface area contributed by atoms with E-state index in [0.717, 1.165) is 6.42 Å². The lowest BCUT2D eigenvalue weighted by molar-refractivity contribution is -0.137. The van der Waals surface area contributed by atoms with Crippen molar-refractivity contribution < 1.29 is 9.47 Å². The van der Waals surface area contributed by atoms with Crippen molar-refractivity contribution in [3.63, 3.8) is 0 Å². The van der Waals surface area contributed by atoms with E-state index in [1.807, 2.05) is 0 Å². The van der Waals surface area contributed by atoms with Crippen LogP contribution in [0.15, 0.2) is 11.6 Å². The molecule has 1 spiro atoms. The van der Waals surface area contributed by atoms with Crippen LogP contribution in [0.1, 0.15) is 40.5 Å². The molecule has 7 atom stereocenters. The van der Waals surface area contributed by atoms with Crippen molar-refractivity contribution in [2.45, 2.75) is 64.4 Å². The van der Waals surface area contributed by atoms with Crippen LogP contribution in [-0.4, -0.2) is 23.9 Å². The third-order valence-corrected chi connectivity index (χ3v) is 5.79. The van der Waals surface area contributed by atoms with E-state index in [4.69, 9.17) is 9.47 Å². The van der Waals surface area contributed by atoms with E-state index >= 15 is 0 Å². The summed E-state index contributed by atoms with van der Waals surface area (Å²) in [5, 5.41) is 0. The fourth-order valence-corrected chi connectivity index (χ4v) is 5.37. The van der Waals surface area contributed by atoms with Crippen molar-refractivity contribution in [2.24, 2.45) is 17.3 Å². The Bertz CT molecular complexity index is 415. The van der Waals surface area contributed by atoms with Gasteiger partial charge in [-0.15, -0.1) is 0 Å². The molecule has 2 nitrogen and oxygen atoms in total. The third kappa shape index (κ3) is 0.978. The number of hydrogen-bond acceptors (Lipinski definition) is 2. The molecule has 1 aliphatic heterocycles. The van der Waals surface area contributed by atoms with Crippen molar-refractivity contribution in [2.75, 3.05) is 0 Å². The molecule has 0 unspecified atom stereocenters. The highest BCUT2D eigenvalue weighted by molar-refractivity contribution is 5.48. The monoisotopic (exact) mass is 234 g/mol. The van der Waals surface area contributed by atoms with E-state index in [9.17, 15) is 0 Å². The zero-order valence-electron chi connectivity index (χ0n) is 11.2. The first-order chi connectivity index (χ1) is 7.99. The number of fused-ring (bicyclic) bond motifs is 1. The third-order valence-electron chi connectivity index (χ3n) is 5.79. The van der Waals surface area contributed by atoms with Crippen LogP contribution in [0, 0.1) is 17.3 Å². The Morgan fingerprint density at radius 3 is 2.76 bits per heavy atom. The Hall–Kier alpha value is -0.340. The highest BCUT2D eigenvalue weighted by atomic mass is 16.5. The summed E-state index contributed by atoms with van der Waals surface area (Å²) in [5.74, 6) is 1.24. The summed E-state index contributed by atoms with van der Waals surface area (Å²) in [5.41, 5.74) is 1.94. The topological polar surface area (TPSA) is 18.5 Å². The Labute approximate surface area is 103 Å². The lowest BCUT2D eigenvalue weighted by Gasteiger charge is -2.36. The SMILES string of the molecule is CC1=C[C@@]2(C)[C@H]3C[C@@H]4O[C@H](C)C[C@H](C)O[C@@]32[C@H]14. The average Bonchev–Trinajstić information content (AvgIpc) is 2.50. The Morgan fingerprint density at radius 2 is 2.00 bits per heavy atom. The molecule has 2 heteroatoms. The van der Waals surface area contributed by atoms with Crippen LogP contribution in [0.2, 0.25) is 0 Å². The molecular weight excluding hydrogens is 212 g/mol. The molecule has 1 saturated heterocycles. The fraction of sp³-hybridized carbons (Fsp3) is 0.867. The summed E-state index contributed by atoms with van der Waals surface area (Å²) in [6.45, 7) is 9.05. The molecule has 17 heavy (non-hydrogen) atoms. The lowest BCUT2D eigenvalue weighted by Crippen LogP contribution is -2.41. The maximum Gasteiger partial charge on any atom is 0.0905 e. The van der Waals surface area contributed by atoms with Crippen molar-refractivity contribution in [3.05, 3.63) is 11.6 Å². The summed E-state index contributed by atoms with van der Waals surface area (Å²) >= 11 is 0. The van der Waals surface area contributed by atoms with Crippen LogP contribution in [0.3, 0.4) is 0 Å². The van der Waals surface area contributed by atoms with Crippen molar-refractivity contribution >= 4 is 0 Å². The van der Waals surface area contributed by atoms with Gasteiger partial charge in [0, 0.05) is 17.3 Å². The molecule has 3 aliphatic carbocycles. The van der Waals surface area contributed by atoms with Crippen LogP contribution in [0.25, 0.3) is 0 Å². The Kier molecular flexibility index (Phi) is 1.74. The molecule has 0 N–H and O–H groups in total. The van der Waals surface area contributed by atoms with Crippen molar-refractivity contribution in [1.82, 2.24) is 0 Å². The van der Waals surface area contributed by atoms with Gasteiger partial charge in [-0.1, -0.05) is 18.6 Å². The van der Waals surface area contributed by atoms with Gasteiger partial charge in [0.1, 0.15) is 0 Å². The zero-order valence-corrected chi connectivity index (χ0v) is 11.2. The van der Waals surface area contributed by atoms with Gasteiger partial charge < -0.3 is 9.47 Å². The van der Waals surface area contributed by atoms with E-state index in [1.165, 1.54) is 12.0 Å². The predicted molar refractivity (Wildman–Crippen MR) is 65.7 cm³/mol. The van der Waals surface area contributed by atoms with Gasteiger partial charge in [0.25, 0.3) is 0 Å². The maximum atomic E-state index is 6.54. The Balaban J connectivity index is 1.78. The van der Waals surface area contributed by atoms with Crippen molar-refractivity contribution in [3.8, 4) is 0 Å². The van der Waals surface area contributed by atoms with Gasteiger partial charge in [-0.25, -0.2) is 0 Å². The molecule has 1 heterocycles. The second kappa shape index (κ2) is 2.80. The predicted octanol–water partition coefficient (Wildman–Crippen LogP) is 2.92. The van der Waals surface area contributed by atoms with E-state index in [0.29, 0.717) is 35.6 Å². The first-order valence-electron chi connectivity index (χ1n) is 7.01. The van der Waals surface area contributed by atoms with Gasteiger partial charge in [-0.3, -0.25) is 0 Å². The summed E-state index contributed by atoms with van der Waals surface area (Å²) in [6, 6.07) is 0. The van der Waals surface area contributed by atoms with E-state index in [2.05, 4.69) is 33.8 Å². The number of rotatable bonds is 0. The summed E-state index contributed by atoms with van der Waals surface area (Å²) in [4.78, 5) is 0. The Morgan fingerprint density at radius 1 is 1.24 bits per heavy atom. The van der Waals surface area contributed by atoms with Gasteiger partial charge in [0.05, 0.1) is 23.9 Å². The average molecular weight is 234 g/mol. The van der Waals surface area contributed by atoms with Crippen LogP contribution >= 0.6 is 0 Å². The van der Waals surface area contributed by atoms with Gasteiger partial charge in [0.15, 0.2) is 0 Å². The minimum Gasteiger partial charge on any atom is -0.374 e. The molecule has 2 saturated carbocycles. The largest absolute Gasteiger partial charge is 0.374 e. The molecule has 0 aromatic rings. The smallest absolute Gasteiger partial charge is 0.0905 e. The second-order valence-corrected chi connectivity index (χ2v) is 6.88. The summed E-state index contributed by atoms with van der Waals surface area (Å²) in [6.07, 6.45) is 5.79. The fourth-order valence-electron chi connectivity index (χ4n) is 5.37. The molecule has 0 amide bonds. The molecule has 94 valence electrons. The molecule has 3 fully saturated rings. The molecule has 0 aromatic carbocycles. The number of hydrogen-bond donors (Lipinski definition) is 0. The molecular formula is C15H22O2. The standard InChI is InChI=1S/C15H22O2/c1-8-7-14(4)12-6-11-13(8)15(12,14)17-10(3)5-9(2)16-11/h7,9-13H,5-6H2,1-4H3/t9-,10+,11+,12-,13-,14+,15-/m1/s1. The molecule has 0 aromatic heterocycles. The molecule has 4 aliphatic rings. The van der Waals surface area contributed by atoms with Crippen LogP contribution < -0.4 is 0 Å². The normalized spacial score (nSPS) is 63.8. The van der Waals surface area contributed by atoms with Crippen LogP contribution in [-0.2, 0) is 9.47 Å². The first kappa shape index (κ1) is 10.6. The molecule has 0 radical (unpaired) electrons. The minimum atomic E-state index is 0.112. The van der Waals surface area contributed by atoms with Gasteiger partial charge in [-0.2, -0.15) is 0 Å². The van der Waals surface area contributed by atoms with Crippen molar-refractivity contribution in [1.29, 1.82) is 0 Å². The lowest BCUT2D eigenvalue weighted by atomic mass is 9.90. The highest BCUT2D eigenvalue weighted by Crippen LogP contribution is 2.80. The van der Waals surface area contributed by atoms with Crippen LogP contribution in [0.5, 0.6) is 0 Å². The first-order valence-corrected chi connectivity index (χ1v) is 7.01. The van der Waals surface area contributed by atoms with Gasteiger partial charge >= 0.3 is 0 Å². The summed E-state index contributed by atoms with van der Waals surface area (Å²) in [7, 11) is 0. The quantitative estimate of drug-likeness (QED) is 0.600. The molecule has 4 rings (SSSR count). The molecule has 2 bridgehead atoms. The number of ether oxygens (including phenoxy) is 2. The maximum absolute atomic E-state index is 6.54. The van der Waals surface area contributed by atoms with Gasteiger partial charge in [-0.05, 0) is 33.6 Å². The van der Waals surface area contributed by atoms with E-state index < -0.39 is 0 Å². The highest BCUT2D eigenvalue weighted by Gasteiger charge is 2.85. The summed E-state index contributed by atoms with van der Waals surface area (Å²) < 4.78 is 12.8. The van der Waals surface area contributed by atoms with Crippen LogP contribution in [0.4, 0.5) is 0 Å². The zero-order chi connectivity index (χ0) is 12.0. The van der Waals surface area contributed by atoms with E-state index in [-0.39, 0.29) is 5.60 Å². The van der Waals surface area contributed by atoms with Gasteiger partial charge in [0.2, 0.25) is 0 Å².